The topological polar surface area (TPSA) is 49.4 Å². The van der Waals surface area contributed by atoms with Crippen molar-refractivity contribution in [2.45, 2.75) is 26.2 Å². The van der Waals surface area contributed by atoms with E-state index < -0.39 is 0 Å². The quantitative estimate of drug-likeness (QED) is 0.851. The summed E-state index contributed by atoms with van der Waals surface area (Å²) in [4.78, 5) is 25.7. The Morgan fingerprint density at radius 2 is 1.64 bits per heavy atom. The number of likely N-dealkylation sites (tertiary alicyclic amines) is 1. The molecule has 4 nitrogen and oxygen atoms in total. The molecule has 0 saturated carbocycles. The molecular formula is C17H23ClN2O2. The lowest BCUT2D eigenvalue weighted by molar-refractivity contribution is 0.0607. The molecule has 1 amide bonds. The highest BCUT2D eigenvalue weighted by Crippen LogP contribution is 2.37. The number of carbonyl (C=O) groups is 2. The number of nitrogens with zero attached hydrogens (tertiary/aromatic N) is 1. The molecule has 22 heavy (non-hydrogen) atoms. The largest absolute Gasteiger partial charge is 0.339 e. The Kier molecular flexibility index (Phi) is 5.24. The van der Waals surface area contributed by atoms with Gasteiger partial charge in [-0.1, -0.05) is 12.1 Å². The average molecular weight is 323 g/mol. The van der Waals surface area contributed by atoms with Gasteiger partial charge in [-0.15, -0.1) is 12.4 Å². The van der Waals surface area contributed by atoms with Gasteiger partial charge in [-0.2, -0.15) is 0 Å². The van der Waals surface area contributed by atoms with E-state index in [0.29, 0.717) is 16.5 Å². The molecule has 1 spiro atoms. The van der Waals surface area contributed by atoms with Crippen molar-refractivity contribution in [2.75, 3.05) is 26.2 Å². The molecule has 2 saturated heterocycles. The Hall–Kier alpha value is -1.39. The zero-order valence-corrected chi connectivity index (χ0v) is 13.7. The zero-order valence-electron chi connectivity index (χ0n) is 12.9. The number of rotatable bonds is 2. The van der Waals surface area contributed by atoms with Crippen molar-refractivity contribution >= 4 is 24.1 Å². The van der Waals surface area contributed by atoms with Crippen molar-refractivity contribution in [3.63, 3.8) is 0 Å². The minimum absolute atomic E-state index is 0. The lowest BCUT2D eigenvalue weighted by atomic mass is 9.78. The molecular weight excluding hydrogens is 300 g/mol. The number of amides is 1. The first kappa shape index (κ1) is 17.0. The van der Waals surface area contributed by atoms with E-state index in [1.807, 2.05) is 4.90 Å². The van der Waals surface area contributed by atoms with Gasteiger partial charge in [0.2, 0.25) is 0 Å². The summed E-state index contributed by atoms with van der Waals surface area (Å²) >= 11 is 0. The summed E-state index contributed by atoms with van der Waals surface area (Å²) in [7, 11) is 0. The van der Waals surface area contributed by atoms with Crippen molar-refractivity contribution in [2.24, 2.45) is 5.41 Å². The van der Waals surface area contributed by atoms with E-state index in [-0.39, 0.29) is 24.1 Å². The molecule has 120 valence electrons. The van der Waals surface area contributed by atoms with Crippen LogP contribution >= 0.6 is 12.4 Å². The molecule has 0 bridgehead atoms. The van der Waals surface area contributed by atoms with Crippen LogP contribution in [0.5, 0.6) is 0 Å². The molecule has 2 fully saturated rings. The van der Waals surface area contributed by atoms with Crippen LogP contribution in [0.3, 0.4) is 0 Å². The number of nitrogens with one attached hydrogen (secondary N) is 1. The van der Waals surface area contributed by atoms with Crippen molar-refractivity contribution in [3.8, 4) is 0 Å². The number of piperidine rings is 1. The smallest absolute Gasteiger partial charge is 0.253 e. The van der Waals surface area contributed by atoms with Crippen LogP contribution in [0.2, 0.25) is 0 Å². The van der Waals surface area contributed by atoms with E-state index in [1.54, 1.807) is 24.3 Å². The lowest BCUT2D eigenvalue weighted by Crippen LogP contribution is -2.44. The monoisotopic (exact) mass is 322 g/mol. The van der Waals surface area contributed by atoms with E-state index in [0.717, 1.165) is 39.0 Å². The van der Waals surface area contributed by atoms with Gasteiger partial charge in [-0.05, 0) is 50.3 Å². The van der Waals surface area contributed by atoms with E-state index in [1.165, 1.54) is 13.3 Å². The lowest BCUT2D eigenvalue weighted by Gasteiger charge is -2.38. The van der Waals surface area contributed by atoms with Gasteiger partial charge in [0.1, 0.15) is 0 Å². The predicted octanol–water partition coefficient (Wildman–Crippen LogP) is 2.53. The van der Waals surface area contributed by atoms with Crippen LogP contribution in [0, 0.1) is 5.41 Å². The molecule has 3 rings (SSSR count). The Morgan fingerprint density at radius 3 is 2.14 bits per heavy atom. The summed E-state index contributed by atoms with van der Waals surface area (Å²) in [6.07, 6.45) is 3.43. The van der Waals surface area contributed by atoms with Crippen molar-refractivity contribution in [1.29, 1.82) is 0 Å². The first-order chi connectivity index (χ1) is 10.1. The fourth-order valence-electron chi connectivity index (χ4n) is 3.44. The number of ketones is 1. The maximum absolute atomic E-state index is 12.5. The van der Waals surface area contributed by atoms with Gasteiger partial charge in [0.25, 0.3) is 5.91 Å². The summed E-state index contributed by atoms with van der Waals surface area (Å²) < 4.78 is 0. The highest BCUT2D eigenvalue weighted by molar-refractivity contribution is 5.97. The van der Waals surface area contributed by atoms with E-state index in [4.69, 9.17) is 0 Å². The predicted molar refractivity (Wildman–Crippen MR) is 88.8 cm³/mol. The highest BCUT2D eigenvalue weighted by atomic mass is 35.5. The third-order valence-electron chi connectivity index (χ3n) is 4.98. The maximum atomic E-state index is 12.5. The molecule has 2 heterocycles. The standard InChI is InChI=1S/C17H22N2O2.ClH/c1-13(20)14-2-4-15(5-3-14)16(21)19-10-7-17(8-11-19)6-9-18-12-17;/h2-5,18H,6-12H2,1H3;1H. The van der Waals surface area contributed by atoms with Gasteiger partial charge in [-0.25, -0.2) is 0 Å². The van der Waals surface area contributed by atoms with Gasteiger partial charge in [-0.3, -0.25) is 9.59 Å². The Morgan fingerprint density at radius 1 is 1.05 bits per heavy atom. The molecule has 0 aliphatic carbocycles. The molecule has 0 atom stereocenters. The summed E-state index contributed by atoms with van der Waals surface area (Å²) in [5.41, 5.74) is 1.76. The van der Waals surface area contributed by atoms with Crippen LogP contribution < -0.4 is 5.32 Å². The second kappa shape index (κ2) is 6.80. The number of benzene rings is 1. The number of hydrogen-bond acceptors (Lipinski definition) is 3. The number of Topliss-reactive ketones (excluding diaryl/α,β-unsaturated/α-hetero) is 1. The molecule has 5 heteroatoms. The molecule has 2 aliphatic rings. The summed E-state index contributed by atoms with van der Waals surface area (Å²) in [5, 5.41) is 3.44. The van der Waals surface area contributed by atoms with Gasteiger partial charge < -0.3 is 10.2 Å². The van der Waals surface area contributed by atoms with Crippen LogP contribution in [0.15, 0.2) is 24.3 Å². The van der Waals surface area contributed by atoms with Crippen LogP contribution in [-0.4, -0.2) is 42.8 Å². The molecule has 1 N–H and O–H groups in total. The second-order valence-electron chi connectivity index (χ2n) is 6.35. The minimum atomic E-state index is 0. The van der Waals surface area contributed by atoms with E-state index >= 15 is 0 Å². The summed E-state index contributed by atoms with van der Waals surface area (Å²) in [6.45, 7) is 5.43. The molecule has 0 radical (unpaired) electrons. The Labute approximate surface area is 137 Å². The maximum Gasteiger partial charge on any atom is 0.253 e. The molecule has 2 aliphatic heterocycles. The highest BCUT2D eigenvalue weighted by Gasteiger charge is 2.38. The van der Waals surface area contributed by atoms with Crippen LogP contribution in [0.25, 0.3) is 0 Å². The summed E-state index contributed by atoms with van der Waals surface area (Å²) in [5.74, 6) is 0.119. The SMILES string of the molecule is CC(=O)c1ccc(C(=O)N2CCC3(CCNC3)CC2)cc1.Cl. The average Bonchev–Trinajstić information content (AvgIpc) is 2.96. The van der Waals surface area contributed by atoms with Crippen molar-refractivity contribution in [1.82, 2.24) is 10.2 Å². The van der Waals surface area contributed by atoms with Crippen LogP contribution in [-0.2, 0) is 0 Å². The van der Waals surface area contributed by atoms with Crippen molar-refractivity contribution in [3.05, 3.63) is 35.4 Å². The third-order valence-corrected chi connectivity index (χ3v) is 4.98. The van der Waals surface area contributed by atoms with E-state index in [2.05, 4.69) is 5.32 Å². The number of halogens is 1. The zero-order chi connectivity index (χ0) is 14.9. The normalized spacial score (nSPS) is 19.8. The van der Waals surface area contributed by atoms with Gasteiger partial charge >= 0.3 is 0 Å². The van der Waals surface area contributed by atoms with Crippen molar-refractivity contribution < 1.29 is 9.59 Å². The Balaban J connectivity index is 0.00000176. The molecule has 1 aromatic carbocycles. The number of hydrogen-bond donors (Lipinski definition) is 1. The van der Waals surface area contributed by atoms with Crippen LogP contribution in [0.4, 0.5) is 0 Å². The first-order valence-corrected chi connectivity index (χ1v) is 7.71. The third kappa shape index (κ3) is 3.33. The van der Waals surface area contributed by atoms with E-state index in [9.17, 15) is 9.59 Å². The minimum Gasteiger partial charge on any atom is -0.339 e. The van der Waals surface area contributed by atoms with Gasteiger partial charge in [0, 0.05) is 30.8 Å². The summed E-state index contributed by atoms with van der Waals surface area (Å²) in [6, 6.07) is 7.00. The fraction of sp³-hybridized carbons (Fsp3) is 0.529. The van der Waals surface area contributed by atoms with Crippen LogP contribution in [0.1, 0.15) is 46.9 Å². The molecule has 0 unspecified atom stereocenters. The first-order valence-electron chi connectivity index (χ1n) is 7.71. The molecule has 1 aromatic rings. The van der Waals surface area contributed by atoms with Gasteiger partial charge in [0.15, 0.2) is 5.78 Å². The molecule has 0 aromatic heterocycles. The Bertz CT molecular complexity index is 540. The number of carbonyl (C=O) groups excluding carboxylic acids is 2. The fourth-order valence-corrected chi connectivity index (χ4v) is 3.44. The van der Waals surface area contributed by atoms with Gasteiger partial charge in [0.05, 0.1) is 0 Å². The second-order valence-corrected chi connectivity index (χ2v) is 6.35.